The van der Waals surface area contributed by atoms with E-state index in [1.54, 1.807) is 12.1 Å². The van der Waals surface area contributed by atoms with Crippen molar-refractivity contribution in [2.45, 2.75) is 44.4 Å². The molecule has 1 amide bonds. The van der Waals surface area contributed by atoms with Gasteiger partial charge in [0.15, 0.2) is 15.8 Å². The number of benzene rings is 1. The maximum atomic E-state index is 12.2. The molecule has 1 aromatic rings. The van der Waals surface area contributed by atoms with Gasteiger partial charge in [0.25, 0.3) is 5.91 Å². The second-order valence-corrected chi connectivity index (χ2v) is 7.54. The van der Waals surface area contributed by atoms with E-state index in [2.05, 4.69) is 11.9 Å². The van der Waals surface area contributed by atoms with Crippen LogP contribution in [0.1, 0.15) is 54.6 Å². The number of guanidine groups is 1. The van der Waals surface area contributed by atoms with Gasteiger partial charge in [-0.3, -0.25) is 4.79 Å². The van der Waals surface area contributed by atoms with Crippen molar-refractivity contribution in [1.82, 2.24) is 0 Å². The van der Waals surface area contributed by atoms with Crippen LogP contribution in [-0.2, 0) is 16.3 Å². The van der Waals surface area contributed by atoms with E-state index < -0.39 is 15.7 Å². The molecule has 0 spiro atoms. The summed E-state index contributed by atoms with van der Waals surface area (Å²) in [5.41, 5.74) is 12.0. The number of hydrogen-bond acceptors (Lipinski definition) is 3. The van der Waals surface area contributed by atoms with E-state index in [0.717, 1.165) is 25.5 Å². The van der Waals surface area contributed by atoms with Gasteiger partial charge < -0.3 is 11.5 Å². The summed E-state index contributed by atoms with van der Waals surface area (Å²) in [7, 11) is -3.50. The topological polar surface area (TPSA) is 116 Å². The quantitative estimate of drug-likeness (QED) is 0.444. The molecule has 132 valence electrons. The molecule has 0 aliphatic carbocycles. The first-order valence-corrected chi connectivity index (χ1v) is 9.77. The maximum Gasteiger partial charge on any atom is 0.280 e. The lowest BCUT2D eigenvalue weighted by Gasteiger charge is -2.11. The zero-order valence-electron chi connectivity index (χ0n) is 14.4. The number of aryl methyl sites for hydroxylation is 1. The fourth-order valence-corrected chi connectivity index (χ4v) is 3.18. The third kappa shape index (κ3) is 5.49. The highest BCUT2D eigenvalue weighted by molar-refractivity contribution is 7.90. The van der Waals surface area contributed by atoms with Crippen molar-refractivity contribution in [1.29, 1.82) is 0 Å². The number of unbranched alkanes of at least 4 members (excludes halogenated alkanes) is 2. The molecule has 7 heteroatoms. The minimum atomic E-state index is -3.50. The highest BCUT2D eigenvalue weighted by atomic mass is 32.2. The Labute approximate surface area is 143 Å². The van der Waals surface area contributed by atoms with Gasteiger partial charge in [-0.05, 0) is 36.1 Å². The largest absolute Gasteiger partial charge is 0.370 e. The van der Waals surface area contributed by atoms with Crippen molar-refractivity contribution in [3.8, 4) is 0 Å². The average Bonchev–Trinajstić information content (AvgIpc) is 2.49. The lowest BCUT2D eigenvalue weighted by Crippen LogP contribution is -2.24. The minimum absolute atomic E-state index is 0.0987. The summed E-state index contributed by atoms with van der Waals surface area (Å²) in [6.45, 7) is 3.97. The van der Waals surface area contributed by atoms with Gasteiger partial charge in [0.1, 0.15) is 0 Å². The lowest BCUT2D eigenvalue weighted by molar-refractivity contribution is 0.100. The number of aliphatic imine (C=N–C) groups is 1. The van der Waals surface area contributed by atoms with Crippen LogP contribution in [0.4, 0.5) is 0 Å². The number of hydrogen-bond donors (Lipinski definition) is 2. The summed E-state index contributed by atoms with van der Waals surface area (Å²) in [4.78, 5) is 15.8. The normalized spacial score (nSPS) is 11.6. The Bertz CT molecular complexity index is 762. The van der Waals surface area contributed by atoms with Gasteiger partial charge in [0.05, 0.1) is 4.90 Å². The van der Waals surface area contributed by atoms with E-state index in [4.69, 9.17) is 11.5 Å². The van der Waals surface area contributed by atoms with Crippen molar-refractivity contribution >= 4 is 27.8 Å². The average molecular weight is 351 g/mol. The van der Waals surface area contributed by atoms with Crippen LogP contribution in [0.25, 0.3) is 6.08 Å². The van der Waals surface area contributed by atoms with Gasteiger partial charge in [0.2, 0.25) is 0 Å². The van der Waals surface area contributed by atoms with Crippen LogP contribution in [0.3, 0.4) is 0 Å². The predicted octanol–water partition coefficient (Wildman–Crippen LogP) is 2.27. The molecular weight excluding hydrogens is 326 g/mol. The molecule has 0 fully saturated rings. The Morgan fingerprint density at radius 3 is 2.42 bits per heavy atom. The smallest absolute Gasteiger partial charge is 0.280 e. The second-order valence-electron chi connectivity index (χ2n) is 5.56. The third-order valence-corrected chi connectivity index (χ3v) is 4.65. The molecule has 0 saturated heterocycles. The minimum Gasteiger partial charge on any atom is -0.370 e. The molecule has 6 nitrogen and oxygen atoms in total. The molecule has 0 radical (unpaired) electrons. The molecular formula is C17H25N3O3S. The summed E-state index contributed by atoms with van der Waals surface area (Å²) in [5, 5.41) is 0. The molecule has 1 aromatic carbocycles. The molecule has 0 aromatic heterocycles. The van der Waals surface area contributed by atoms with E-state index in [1.807, 2.05) is 13.0 Å². The molecule has 0 saturated carbocycles. The summed E-state index contributed by atoms with van der Waals surface area (Å²) in [5.74, 6) is -0.996. The first-order chi connectivity index (χ1) is 11.2. The number of nitrogens with two attached hydrogens (primary N) is 2. The molecule has 4 N–H and O–H groups in total. The Kier molecular flexibility index (Phi) is 7.16. The maximum absolute atomic E-state index is 12.2. The summed E-state index contributed by atoms with van der Waals surface area (Å²) < 4.78 is 24.2. The Morgan fingerprint density at radius 2 is 1.92 bits per heavy atom. The molecule has 0 bridgehead atoms. The number of rotatable bonds is 7. The monoisotopic (exact) mass is 351 g/mol. The highest BCUT2D eigenvalue weighted by Crippen LogP contribution is 2.24. The van der Waals surface area contributed by atoms with E-state index >= 15 is 0 Å². The van der Waals surface area contributed by atoms with Crippen molar-refractivity contribution in [3.05, 3.63) is 34.9 Å². The van der Waals surface area contributed by atoms with Gasteiger partial charge in [-0.2, -0.15) is 4.99 Å². The molecule has 0 unspecified atom stereocenters. The Balaban J connectivity index is 3.48. The third-order valence-electron chi connectivity index (χ3n) is 3.50. The van der Waals surface area contributed by atoms with Gasteiger partial charge in [-0.15, -0.1) is 0 Å². The zero-order chi connectivity index (χ0) is 18.3. The molecule has 24 heavy (non-hydrogen) atoms. The van der Waals surface area contributed by atoms with E-state index in [-0.39, 0.29) is 16.4 Å². The van der Waals surface area contributed by atoms with Crippen molar-refractivity contribution in [3.63, 3.8) is 0 Å². The van der Waals surface area contributed by atoms with Crippen molar-refractivity contribution in [2.75, 3.05) is 6.26 Å². The standard InChI is InChI=1S/C17H25N3O3S/c1-4-6-7-8-9-13-10-12(5-2)14(16(21)20-17(18)19)11-15(13)24(3,22)23/h8-11H,4-7H2,1-3H3,(H4,18,19,20,21)/b9-8+. The van der Waals surface area contributed by atoms with Crippen LogP contribution in [0, 0.1) is 0 Å². The van der Waals surface area contributed by atoms with Crippen LogP contribution in [-0.4, -0.2) is 26.5 Å². The van der Waals surface area contributed by atoms with Crippen molar-refractivity contribution < 1.29 is 13.2 Å². The summed E-state index contributed by atoms with van der Waals surface area (Å²) >= 11 is 0. The van der Waals surface area contributed by atoms with E-state index in [0.29, 0.717) is 17.5 Å². The second kappa shape index (κ2) is 8.63. The van der Waals surface area contributed by atoms with Crippen LogP contribution < -0.4 is 11.5 Å². The number of allylic oxidation sites excluding steroid dienone is 1. The Morgan fingerprint density at radius 1 is 1.25 bits per heavy atom. The van der Waals surface area contributed by atoms with Crippen molar-refractivity contribution in [2.24, 2.45) is 16.5 Å². The zero-order valence-corrected chi connectivity index (χ0v) is 15.2. The van der Waals surface area contributed by atoms with Gasteiger partial charge in [0, 0.05) is 11.8 Å². The van der Waals surface area contributed by atoms with E-state index in [1.165, 1.54) is 6.07 Å². The van der Waals surface area contributed by atoms with Gasteiger partial charge in [-0.1, -0.05) is 38.8 Å². The first kappa shape index (κ1) is 19.9. The van der Waals surface area contributed by atoms with Gasteiger partial charge >= 0.3 is 0 Å². The van der Waals surface area contributed by atoms with Crippen LogP contribution in [0.5, 0.6) is 0 Å². The Hall–Kier alpha value is -2.15. The van der Waals surface area contributed by atoms with Gasteiger partial charge in [-0.25, -0.2) is 8.42 Å². The first-order valence-electron chi connectivity index (χ1n) is 7.88. The van der Waals surface area contributed by atoms with Crippen LogP contribution in [0.15, 0.2) is 28.1 Å². The van der Waals surface area contributed by atoms with Crippen LogP contribution >= 0.6 is 0 Å². The molecule has 0 atom stereocenters. The summed E-state index contributed by atoms with van der Waals surface area (Å²) in [6.07, 6.45) is 8.38. The predicted molar refractivity (Wildman–Crippen MR) is 97.6 cm³/mol. The number of carbonyl (C=O) groups excluding carboxylic acids is 1. The lowest BCUT2D eigenvalue weighted by atomic mass is 10.0. The SMILES string of the molecule is CCCC/C=C/c1cc(CC)c(C(=O)N=C(N)N)cc1S(C)(=O)=O. The van der Waals surface area contributed by atoms with E-state index in [9.17, 15) is 13.2 Å². The van der Waals surface area contributed by atoms with Crippen LogP contribution in [0.2, 0.25) is 0 Å². The summed E-state index contributed by atoms with van der Waals surface area (Å²) in [6, 6.07) is 3.08. The number of carbonyl (C=O) groups is 1. The number of sulfone groups is 1. The number of nitrogens with zero attached hydrogens (tertiary/aromatic N) is 1. The number of amides is 1. The fraction of sp³-hybridized carbons (Fsp3) is 0.412. The molecule has 0 aliphatic heterocycles. The fourth-order valence-electron chi connectivity index (χ4n) is 2.30. The molecule has 0 heterocycles. The molecule has 0 aliphatic rings. The molecule has 1 rings (SSSR count). The highest BCUT2D eigenvalue weighted by Gasteiger charge is 2.19.